The van der Waals surface area contributed by atoms with Crippen molar-refractivity contribution in [1.29, 1.82) is 0 Å². The summed E-state index contributed by atoms with van der Waals surface area (Å²) in [5.74, 6) is 0.763. The van der Waals surface area contributed by atoms with Crippen molar-refractivity contribution < 1.29 is 9.47 Å². The fourth-order valence-corrected chi connectivity index (χ4v) is 2.12. The van der Waals surface area contributed by atoms with Gasteiger partial charge in [-0.1, -0.05) is 46.0 Å². The highest BCUT2D eigenvalue weighted by molar-refractivity contribution is 6.17. The minimum Gasteiger partial charge on any atom is -0.353 e. The molecule has 116 valence electrons. The maximum atomic E-state index is 5.85. The van der Waals surface area contributed by atoms with E-state index in [-0.39, 0.29) is 6.29 Å². The van der Waals surface area contributed by atoms with Crippen LogP contribution >= 0.6 is 11.6 Å². The second-order valence-corrected chi connectivity index (χ2v) is 5.50. The summed E-state index contributed by atoms with van der Waals surface area (Å²) in [7, 11) is 0. The van der Waals surface area contributed by atoms with E-state index in [0.717, 1.165) is 51.2 Å². The zero-order valence-electron chi connectivity index (χ0n) is 13.0. The molecule has 0 bridgehead atoms. The van der Waals surface area contributed by atoms with Crippen molar-refractivity contribution in [2.75, 3.05) is 19.1 Å². The van der Waals surface area contributed by atoms with Crippen LogP contribution in [0.15, 0.2) is 0 Å². The molecule has 19 heavy (non-hydrogen) atoms. The lowest BCUT2D eigenvalue weighted by Gasteiger charge is -2.18. The number of alkyl halides is 1. The third-order valence-electron chi connectivity index (χ3n) is 3.18. The molecule has 2 nitrogen and oxygen atoms in total. The fourth-order valence-electron chi connectivity index (χ4n) is 1.93. The first-order chi connectivity index (χ1) is 9.35. The van der Waals surface area contributed by atoms with Crippen LogP contribution in [-0.2, 0) is 9.47 Å². The highest BCUT2D eigenvalue weighted by Crippen LogP contribution is 2.11. The van der Waals surface area contributed by atoms with Crippen LogP contribution in [0.1, 0.15) is 78.1 Å². The fraction of sp³-hybridized carbons (Fsp3) is 1.00. The Bertz CT molecular complexity index is 136. The zero-order chi connectivity index (χ0) is 14.2. The molecule has 0 amide bonds. The average molecular weight is 293 g/mol. The topological polar surface area (TPSA) is 18.5 Å². The maximum Gasteiger partial charge on any atom is 0.157 e. The Labute approximate surface area is 125 Å². The molecule has 0 rings (SSSR count). The molecule has 0 radical (unpaired) electrons. The normalized spacial score (nSPS) is 11.4. The second-order valence-electron chi connectivity index (χ2n) is 5.12. The van der Waals surface area contributed by atoms with Crippen LogP contribution in [0.5, 0.6) is 0 Å². The van der Waals surface area contributed by atoms with Crippen molar-refractivity contribution in [3.8, 4) is 0 Å². The number of hydrogen-bond donors (Lipinski definition) is 0. The molecule has 0 spiro atoms. The lowest BCUT2D eigenvalue weighted by Crippen LogP contribution is -2.19. The first-order valence-electron chi connectivity index (χ1n) is 8.14. The van der Waals surface area contributed by atoms with E-state index < -0.39 is 0 Å². The molecule has 0 saturated carbocycles. The standard InChI is InChI=1S/C16H33ClO2/c1-3-5-10-14-18-16(12-8-7-9-13-17)19-15-11-6-4-2/h16H,3-15H2,1-2H3. The molecule has 0 N–H and O–H groups in total. The van der Waals surface area contributed by atoms with Crippen molar-refractivity contribution in [2.24, 2.45) is 0 Å². The van der Waals surface area contributed by atoms with Gasteiger partial charge in [0.15, 0.2) is 6.29 Å². The molecule has 3 heteroatoms. The van der Waals surface area contributed by atoms with Gasteiger partial charge in [-0.2, -0.15) is 0 Å². The van der Waals surface area contributed by atoms with E-state index in [0.29, 0.717) is 0 Å². The van der Waals surface area contributed by atoms with Gasteiger partial charge >= 0.3 is 0 Å². The van der Waals surface area contributed by atoms with Crippen LogP contribution in [0.25, 0.3) is 0 Å². The maximum absolute atomic E-state index is 5.85. The summed E-state index contributed by atoms with van der Waals surface area (Å²) in [4.78, 5) is 0. The predicted octanol–water partition coefficient (Wildman–Crippen LogP) is 5.53. The van der Waals surface area contributed by atoms with E-state index in [1.807, 2.05) is 0 Å². The molecule has 0 atom stereocenters. The minimum atomic E-state index is 0.00374. The van der Waals surface area contributed by atoms with Gasteiger partial charge in [0.25, 0.3) is 0 Å². The van der Waals surface area contributed by atoms with Crippen molar-refractivity contribution in [3.05, 3.63) is 0 Å². The Balaban J connectivity index is 3.66. The Morgan fingerprint density at radius 2 is 1.32 bits per heavy atom. The monoisotopic (exact) mass is 292 g/mol. The van der Waals surface area contributed by atoms with Gasteiger partial charge in [-0.15, -0.1) is 11.6 Å². The van der Waals surface area contributed by atoms with Gasteiger partial charge in [-0.25, -0.2) is 0 Å². The summed E-state index contributed by atoms with van der Waals surface area (Å²) in [6, 6.07) is 0. The number of ether oxygens (including phenoxy) is 2. The Morgan fingerprint density at radius 3 is 1.79 bits per heavy atom. The third kappa shape index (κ3) is 14.4. The zero-order valence-corrected chi connectivity index (χ0v) is 13.7. The lowest BCUT2D eigenvalue weighted by atomic mass is 10.2. The number of unbranched alkanes of at least 4 members (excludes halogenated alkanes) is 6. The average Bonchev–Trinajstić information content (AvgIpc) is 2.43. The molecule has 0 aliphatic heterocycles. The van der Waals surface area contributed by atoms with E-state index >= 15 is 0 Å². The summed E-state index contributed by atoms with van der Waals surface area (Å²) < 4.78 is 11.7. The van der Waals surface area contributed by atoms with E-state index in [2.05, 4.69) is 13.8 Å². The Hall–Kier alpha value is 0.210. The molecule has 0 heterocycles. The molecular weight excluding hydrogens is 260 g/mol. The first-order valence-corrected chi connectivity index (χ1v) is 8.67. The van der Waals surface area contributed by atoms with Crippen LogP contribution < -0.4 is 0 Å². The van der Waals surface area contributed by atoms with Gasteiger partial charge in [0.1, 0.15) is 0 Å². The molecule has 0 saturated heterocycles. The second kappa shape index (κ2) is 16.3. The number of hydrogen-bond acceptors (Lipinski definition) is 2. The number of rotatable bonds is 15. The lowest BCUT2D eigenvalue weighted by molar-refractivity contribution is -0.148. The summed E-state index contributed by atoms with van der Waals surface area (Å²) in [5, 5.41) is 0. The highest BCUT2D eigenvalue weighted by Gasteiger charge is 2.08. The van der Waals surface area contributed by atoms with Gasteiger partial charge < -0.3 is 9.47 Å². The highest BCUT2D eigenvalue weighted by atomic mass is 35.5. The molecule has 0 aliphatic carbocycles. The van der Waals surface area contributed by atoms with Gasteiger partial charge in [0.05, 0.1) is 0 Å². The smallest absolute Gasteiger partial charge is 0.157 e. The molecule has 0 aromatic carbocycles. The predicted molar refractivity (Wildman–Crippen MR) is 83.9 cm³/mol. The summed E-state index contributed by atoms with van der Waals surface area (Å²) in [6.07, 6.45) is 11.7. The Morgan fingerprint density at radius 1 is 0.737 bits per heavy atom. The third-order valence-corrected chi connectivity index (χ3v) is 3.44. The van der Waals surface area contributed by atoms with E-state index in [1.54, 1.807) is 0 Å². The van der Waals surface area contributed by atoms with Gasteiger partial charge in [0, 0.05) is 19.1 Å². The summed E-state index contributed by atoms with van der Waals surface area (Å²) >= 11 is 5.69. The van der Waals surface area contributed by atoms with Crippen LogP contribution in [0.2, 0.25) is 0 Å². The molecular formula is C16H33ClO2. The molecule has 0 aromatic rings. The van der Waals surface area contributed by atoms with Crippen LogP contribution in [0.3, 0.4) is 0 Å². The van der Waals surface area contributed by atoms with Crippen LogP contribution in [0, 0.1) is 0 Å². The quantitative estimate of drug-likeness (QED) is 0.225. The Kier molecular flexibility index (Phi) is 16.4. The summed E-state index contributed by atoms with van der Waals surface area (Å²) in [6.45, 7) is 6.10. The van der Waals surface area contributed by atoms with Crippen molar-refractivity contribution >= 4 is 11.6 Å². The number of halogens is 1. The largest absolute Gasteiger partial charge is 0.353 e. The van der Waals surface area contributed by atoms with Crippen molar-refractivity contribution in [1.82, 2.24) is 0 Å². The van der Waals surface area contributed by atoms with Crippen molar-refractivity contribution in [3.63, 3.8) is 0 Å². The molecule has 0 aliphatic rings. The summed E-state index contributed by atoms with van der Waals surface area (Å²) in [5.41, 5.74) is 0. The SMILES string of the molecule is CCCCCOC(CCCCCCl)OCCCCC. The molecule has 0 aromatic heterocycles. The van der Waals surface area contributed by atoms with Crippen LogP contribution in [-0.4, -0.2) is 25.4 Å². The van der Waals surface area contributed by atoms with E-state index in [9.17, 15) is 0 Å². The van der Waals surface area contributed by atoms with Crippen molar-refractivity contribution in [2.45, 2.75) is 84.3 Å². The molecule has 0 fully saturated rings. The van der Waals surface area contributed by atoms with Crippen LogP contribution in [0.4, 0.5) is 0 Å². The van der Waals surface area contributed by atoms with Gasteiger partial charge in [-0.05, 0) is 32.1 Å². The first kappa shape index (κ1) is 19.2. The molecule has 0 unspecified atom stereocenters. The minimum absolute atomic E-state index is 0.00374. The van der Waals surface area contributed by atoms with Gasteiger partial charge in [-0.3, -0.25) is 0 Å². The van der Waals surface area contributed by atoms with E-state index in [4.69, 9.17) is 21.1 Å². The van der Waals surface area contributed by atoms with Gasteiger partial charge in [0.2, 0.25) is 0 Å². The van der Waals surface area contributed by atoms with E-state index in [1.165, 1.54) is 32.1 Å².